The molecule has 2 aliphatic heterocycles. The standard InChI is InChI=1S/C22H34N2O5S/c1-22(2,3)29-21(25)23-12-8-17(9-13-23)11-15-28-20-7-5-6-18-16-24(30(4,26)27)14-10-19(18)20/h5-7,17H,8-16H2,1-4H3. The summed E-state index contributed by atoms with van der Waals surface area (Å²) >= 11 is 0. The highest BCUT2D eigenvalue weighted by Crippen LogP contribution is 2.30. The second-order valence-corrected chi connectivity index (χ2v) is 11.3. The fraction of sp³-hybridized carbons (Fsp3) is 0.682. The summed E-state index contributed by atoms with van der Waals surface area (Å²) in [6, 6.07) is 5.88. The number of nitrogens with zero attached hydrogens (tertiary/aromatic N) is 2. The van der Waals surface area contributed by atoms with Gasteiger partial charge in [-0.3, -0.25) is 0 Å². The molecule has 1 saturated heterocycles. The minimum atomic E-state index is -3.18. The van der Waals surface area contributed by atoms with Crippen LogP contribution >= 0.6 is 0 Å². The smallest absolute Gasteiger partial charge is 0.410 e. The van der Waals surface area contributed by atoms with Crippen molar-refractivity contribution < 1.29 is 22.7 Å². The lowest BCUT2D eigenvalue weighted by atomic mass is 9.94. The maximum atomic E-state index is 12.2. The van der Waals surface area contributed by atoms with Crippen LogP contribution in [0, 0.1) is 5.92 Å². The number of carbonyl (C=O) groups is 1. The SMILES string of the molecule is CC(C)(C)OC(=O)N1CCC(CCOc2cccc3c2CCN(S(C)(=O)=O)C3)CC1. The van der Waals surface area contributed by atoms with E-state index in [1.807, 2.05) is 39.0 Å². The van der Waals surface area contributed by atoms with E-state index in [9.17, 15) is 13.2 Å². The second kappa shape index (κ2) is 9.14. The number of ether oxygens (including phenoxy) is 2. The molecule has 0 radical (unpaired) electrons. The zero-order chi connectivity index (χ0) is 21.9. The van der Waals surface area contributed by atoms with Crippen LogP contribution < -0.4 is 4.74 Å². The van der Waals surface area contributed by atoms with E-state index in [0.717, 1.165) is 49.2 Å². The van der Waals surface area contributed by atoms with Gasteiger partial charge in [0.25, 0.3) is 0 Å². The Morgan fingerprint density at radius 3 is 2.50 bits per heavy atom. The molecular formula is C22H34N2O5S. The molecule has 0 aromatic heterocycles. The van der Waals surface area contributed by atoms with Crippen LogP contribution in [0.3, 0.4) is 0 Å². The third-order valence-electron chi connectivity index (χ3n) is 5.71. The van der Waals surface area contributed by atoms with Gasteiger partial charge in [0.1, 0.15) is 11.4 Å². The summed E-state index contributed by atoms with van der Waals surface area (Å²) in [5, 5.41) is 0. The van der Waals surface area contributed by atoms with Crippen molar-refractivity contribution in [3.8, 4) is 5.75 Å². The van der Waals surface area contributed by atoms with Crippen LogP contribution in [0.5, 0.6) is 5.75 Å². The van der Waals surface area contributed by atoms with Crippen LogP contribution in [-0.4, -0.2) is 61.8 Å². The quantitative estimate of drug-likeness (QED) is 0.704. The number of likely N-dealkylation sites (tertiary alicyclic amines) is 1. The van der Waals surface area contributed by atoms with Gasteiger partial charge in [-0.1, -0.05) is 12.1 Å². The van der Waals surface area contributed by atoms with Crippen LogP contribution in [0.2, 0.25) is 0 Å². The summed E-state index contributed by atoms with van der Waals surface area (Å²) < 4.78 is 36.7. The van der Waals surface area contributed by atoms with Crippen molar-refractivity contribution >= 4 is 16.1 Å². The molecular weight excluding hydrogens is 404 g/mol. The Bertz CT molecular complexity index is 855. The first-order valence-corrected chi connectivity index (χ1v) is 12.5. The van der Waals surface area contributed by atoms with Gasteiger partial charge in [0, 0.05) is 26.2 Å². The molecule has 1 aromatic carbocycles. The van der Waals surface area contributed by atoms with Gasteiger partial charge < -0.3 is 14.4 Å². The summed E-state index contributed by atoms with van der Waals surface area (Å²) in [7, 11) is -3.18. The topological polar surface area (TPSA) is 76.2 Å². The van der Waals surface area contributed by atoms with Gasteiger partial charge in [-0.2, -0.15) is 4.31 Å². The van der Waals surface area contributed by atoms with Crippen molar-refractivity contribution in [3.05, 3.63) is 29.3 Å². The highest BCUT2D eigenvalue weighted by Gasteiger charge is 2.27. The van der Waals surface area contributed by atoms with Gasteiger partial charge in [0.05, 0.1) is 12.9 Å². The summed E-state index contributed by atoms with van der Waals surface area (Å²) in [6.45, 7) is 8.64. The molecule has 1 amide bonds. The van der Waals surface area contributed by atoms with Crippen LogP contribution in [0.1, 0.15) is 51.2 Å². The van der Waals surface area contributed by atoms with Gasteiger partial charge >= 0.3 is 6.09 Å². The summed E-state index contributed by atoms with van der Waals surface area (Å²) in [4.78, 5) is 14.0. The van der Waals surface area contributed by atoms with Crippen LogP contribution in [0.4, 0.5) is 4.79 Å². The first-order valence-electron chi connectivity index (χ1n) is 10.7. The fourth-order valence-electron chi connectivity index (χ4n) is 4.03. The fourth-order valence-corrected chi connectivity index (χ4v) is 4.83. The number of sulfonamides is 1. The van der Waals surface area contributed by atoms with E-state index < -0.39 is 15.6 Å². The van der Waals surface area contributed by atoms with Crippen molar-refractivity contribution in [1.82, 2.24) is 9.21 Å². The highest BCUT2D eigenvalue weighted by atomic mass is 32.2. The van der Waals surface area contributed by atoms with Gasteiger partial charge in [-0.05, 0) is 69.6 Å². The van der Waals surface area contributed by atoms with E-state index in [1.54, 1.807) is 4.90 Å². The molecule has 3 rings (SSSR count). The largest absolute Gasteiger partial charge is 0.493 e. The zero-order valence-electron chi connectivity index (χ0n) is 18.5. The summed E-state index contributed by atoms with van der Waals surface area (Å²) in [6.07, 6.45) is 4.56. The normalized spacial score (nSPS) is 18.7. The van der Waals surface area contributed by atoms with Crippen LogP contribution in [0.25, 0.3) is 0 Å². The molecule has 0 spiro atoms. The Balaban J connectivity index is 1.47. The number of rotatable bonds is 5. The Morgan fingerprint density at radius 2 is 1.87 bits per heavy atom. The number of benzene rings is 1. The van der Waals surface area contributed by atoms with E-state index in [4.69, 9.17) is 9.47 Å². The van der Waals surface area contributed by atoms with Crippen molar-refractivity contribution in [1.29, 1.82) is 0 Å². The Kier molecular flexibility index (Phi) is 6.97. The summed E-state index contributed by atoms with van der Waals surface area (Å²) in [5.41, 5.74) is 1.68. The van der Waals surface area contributed by atoms with Crippen molar-refractivity contribution in [2.24, 2.45) is 5.92 Å². The Morgan fingerprint density at radius 1 is 1.17 bits per heavy atom. The van der Waals surface area contributed by atoms with E-state index >= 15 is 0 Å². The minimum Gasteiger partial charge on any atom is -0.493 e. The lowest BCUT2D eigenvalue weighted by molar-refractivity contribution is 0.0177. The molecule has 2 aliphatic rings. The molecule has 8 heteroatoms. The number of piperidine rings is 1. The van der Waals surface area contributed by atoms with Gasteiger partial charge in [-0.25, -0.2) is 13.2 Å². The minimum absolute atomic E-state index is 0.226. The number of carbonyl (C=O) groups excluding carboxylic acids is 1. The van der Waals surface area contributed by atoms with Crippen molar-refractivity contribution in [3.63, 3.8) is 0 Å². The van der Waals surface area contributed by atoms with Gasteiger partial charge in [0.15, 0.2) is 0 Å². The lowest BCUT2D eigenvalue weighted by Crippen LogP contribution is -2.41. The number of hydrogen-bond acceptors (Lipinski definition) is 5. The van der Waals surface area contributed by atoms with E-state index in [-0.39, 0.29) is 6.09 Å². The number of hydrogen-bond donors (Lipinski definition) is 0. The highest BCUT2D eigenvalue weighted by molar-refractivity contribution is 7.88. The first-order chi connectivity index (χ1) is 14.0. The molecule has 0 unspecified atom stereocenters. The molecule has 0 N–H and O–H groups in total. The van der Waals surface area contributed by atoms with Gasteiger partial charge in [0.2, 0.25) is 10.0 Å². The van der Waals surface area contributed by atoms with E-state index in [2.05, 4.69) is 0 Å². The molecule has 168 valence electrons. The molecule has 30 heavy (non-hydrogen) atoms. The average molecular weight is 439 g/mol. The monoisotopic (exact) mass is 438 g/mol. The maximum Gasteiger partial charge on any atom is 0.410 e. The molecule has 1 aromatic rings. The average Bonchev–Trinajstić information content (AvgIpc) is 2.66. The lowest BCUT2D eigenvalue weighted by Gasteiger charge is -2.33. The van der Waals surface area contributed by atoms with E-state index in [1.165, 1.54) is 10.6 Å². The zero-order valence-corrected chi connectivity index (χ0v) is 19.3. The third-order valence-corrected chi connectivity index (χ3v) is 6.96. The third kappa shape index (κ3) is 6.11. The molecule has 0 saturated carbocycles. The second-order valence-electron chi connectivity index (χ2n) is 9.29. The van der Waals surface area contributed by atoms with Crippen LogP contribution in [-0.2, 0) is 27.7 Å². The summed E-state index contributed by atoms with van der Waals surface area (Å²) in [5.74, 6) is 1.40. The molecule has 0 bridgehead atoms. The predicted molar refractivity (Wildman–Crippen MR) is 116 cm³/mol. The van der Waals surface area contributed by atoms with Crippen LogP contribution in [0.15, 0.2) is 18.2 Å². The molecule has 2 heterocycles. The van der Waals surface area contributed by atoms with E-state index in [0.29, 0.717) is 32.0 Å². The maximum absolute atomic E-state index is 12.2. The molecule has 0 atom stereocenters. The van der Waals surface area contributed by atoms with Crippen molar-refractivity contribution in [2.75, 3.05) is 32.5 Å². The molecule has 0 aliphatic carbocycles. The number of amides is 1. The molecule has 7 nitrogen and oxygen atoms in total. The van der Waals surface area contributed by atoms with Gasteiger partial charge in [-0.15, -0.1) is 0 Å². The number of fused-ring (bicyclic) bond motifs is 1. The Hall–Kier alpha value is -1.80. The first kappa shape index (κ1) is 22.9. The molecule has 1 fully saturated rings. The van der Waals surface area contributed by atoms with Crippen molar-refractivity contribution in [2.45, 2.75) is 58.6 Å². The Labute approximate surface area is 180 Å². The predicted octanol–water partition coefficient (Wildman–Crippen LogP) is 3.42.